The normalized spacial score (nSPS) is 11.1. The number of para-hydroxylation sites is 1. The predicted octanol–water partition coefficient (Wildman–Crippen LogP) is 4.66. The lowest BCUT2D eigenvalue weighted by Gasteiger charge is -2.13. The fourth-order valence-electron chi connectivity index (χ4n) is 2.88. The molecule has 0 saturated heterocycles. The van der Waals surface area contributed by atoms with Gasteiger partial charge in [0.15, 0.2) is 0 Å². The van der Waals surface area contributed by atoms with Gasteiger partial charge in [0, 0.05) is 11.3 Å². The quantitative estimate of drug-likeness (QED) is 0.661. The Kier molecular flexibility index (Phi) is 5.51. The van der Waals surface area contributed by atoms with Crippen LogP contribution in [0.1, 0.15) is 27.0 Å². The van der Waals surface area contributed by atoms with E-state index in [9.17, 15) is 13.2 Å². The maximum absolute atomic E-state index is 12.7. The molecule has 0 saturated carbocycles. The number of benzene rings is 3. The number of nitrogens with one attached hydrogen (secondary N) is 2. The lowest BCUT2D eigenvalue weighted by atomic mass is 10.1. The van der Waals surface area contributed by atoms with Crippen LogP contribution in [0.15, 0.2) is 71.6 Å². The number of anilines is 2. The second kappa shape index (κ2) is 7.86. The van der Waals surface area contributed by atoms with Crippen LogP contribution in [0.25, 0.3) is 0 Å². The summed E-state index contributed by atoms with van der Waals surface area (Å²) in [4.78, 5) is 12.5. The van der Waals surface area contributed by atoms with Crippen LogP contribution in [0, 0.1) is 20.8 Å². The van der Waals surface area contributed by atoms with Gasteiger partial charge in [0.25, 0.3) is 15.9 Å². The fourth-order valence-corrected chi connectivity index (χ4v) is 4.08. The molecule has 0 atom stereocenters. The Hall–Kier alpha value is -3.12. The van der Waals surface area contributed by atoms with Crippen LogP contribution in [0.4, 0.5) is 11.4 Å². The van der Waals surface area contributed by atoms with Crippen molar-refractivity contribution < 1.29 is 13.2 Å². The molecule has 0 aliphatic carbocycles. The van der Waals surface area contributed by atoms with Crippen LogP contribution in [0.2, 0.25) is 0 Å². The molecule has 5 nitrogen and oxygen atoms in total. The summed E-state index contributed by atoms with van der Waals surface area (Å²) in [5, 5.41) is 2.81. The molecule has 0 aliphatic rings. The fraction of sp³-hybridized carbons (Fsp3) is 0.136. The van der Waals surface area contributed by atoms with Crippen molar-refractivity contribution in [3.8, 4) is 0 Å². The molecule has 0 radical (unpaired) electrons. The van der Waals surface area contributed by atoms with Gasteiger partial charge in [-0.2, -0.15) is 0 Å². The summed E-state index contributed by atoms with van der Waals surface area (Å²) in [5.74, 6) is -0.294. The van der Waals surface area contributed by atoms with Gasteiger partial charge < -0.3 is 5.32 Å². The lowest BCUT2D eigenvalue weighted by molar-refractivity contribution is 0.102. The first kappa shape index (κ1) is 19.6. The standard InChI is InChI=1S/C22H22N2O3S/c1-15-6-4-9-19(14-15)23-22(25)18-10-12-20(13-11-18)28(26,27)24-21-16(2)7-5-8-17(21)3/h4-14,24H,1-3H3,(H,23,25). The Morgan fingerprint density at radius 2 is 1.43 bits per heavy atom. The molecule has 0 bridgehead atoms. The van der Waals surface area contributed by atoms with E-state index in [1.807, 2.05) is 57.2 Å². The van der Waals surface area contributed by atoms with E-state index >= 15 is 0 Å². The molecule has 28 heavy (non-hydrogen) atoms. The molecule has 0 fully saturated rings. The maximum atomic E-state index is 12.7. The van der Waals surface area contributed by atoms with Crippen LogP contribution in [-0.4, -0.2) is 14.3 Å². The highest BCUT2D eigenvalue weighted by atomic mass is 32.2. The van der Waals surface area contributed by atoms with Gasteiger partial charge in [0.1, 0.15) is 0 Å². The lowest BCUT2D eigenvalue weighted by Crippen LogP contribution is -2.16. The minimum Gasteiger partial charge on any atom is -0.322 e. The zero-order valence-corrected chi connectivity index (χ0v) is 16.8. The van der Waals surface area contributed by atoms with E-state index in [4.69, 9.17) is 0 Å². The summed E-state index contributed by atoms with van der Waals surface area (Å²) >= 11 is 0. The monoisotopic (exact) mass is 394 g/mol. The van der Waals surface area contributed by atoms with Gasteiger partial charge in [-0.1, -0.05) is 30.3 Å². The smallest absolute Gasteiger partial charge is 0.261 e. The van der Waals surface area contributed by atoms with Crippen LogP contribution in [0.5, 0.6) is 0 Å². The predicted molar refractivity (Wildman–Crippen MR) is 112 cm³/mol. The van der Waals surface area contributed by atoms with Gasteiger partial charge >= 0.3 is 0 Å². The second-order valence-electron chi connectivity index (χ2n) is 6.72. The molecule has 0 spiro atoms. The molecule has 3 aromatic rings. The molecule has 144 valence electrons. The Morgan fingerprint density at radius 3 is 2.04 bits per heavy atom. The van der Waals surface area contributed by atoms with Crippen molar-refractivity contribution in [2.45, 2.75) is 25.7 Å². The summed E-state index contributed by atoms with van der Waals surface area (Å²) in [7, 11) is -3.75. The zero-order valence-electron chi connectivity index (χ0n) is 16.0. The van der Waals surface area contributed by atoms with Crippen molar-refractivity contribution in [2.24, 2.45) is 0 Å². The first-order chi connectivity index (χ1) is 13.3. The molecular weight excluding hydrogens is 372 g/mol. The topological polar surface area (TPSA) is 75.3 Å². The van der Waals surface area contributed by atoms with Gasteiger partial charge in [-0.15, -0.1) is 0 Å². The molecule has 0 aliphatic heterocycles. The van der Waals surface area contributed by atoms with E-state index in [1.54, 1.807) is 6.07 Å². The van der Waals surface area contributed by atoms with Gasteiger partial charge in [-0.3, -0.25) is 9.52 Å². The summed E-state index contributed by atoms with van der Waals surface area (Å²) in [6.45, 7) is 5.64. The number of carbonyl (C=O) groups excluding carboxylic acids is 1. The highest BCUT2D eigenvalue weighted by Crippen LogP contribution is 2.23. The van der Waals surface area contributed by atoms with Crippen molar-refractivity contribution in [1.82, 2.24) is 0 Å². The van der Waals surface area contributed by atoms with E-state index in [1.165, 1.54) is 24.3 Å². The molecule has 1 amide bonds. The van der Waals surface area contributed by atoms with Crippen LogP contribution in [0.3, 0.4) is 0 Å². The number of aryl methyl sites for hydroxylation is 3. The third kappa shape index (κ3) is 4.40. The highest BCUT2D eigenvalue weighted by Gasteiger charge is 2.17. The Labute approximate surface area is 165 Å². The van der Waals surface area contributed by atoms with E-state index in [0.29, 0.717) is 16.9 Å². The molecule has 3 aromatic carbocycles. The molecular formula is C22H22N2O3S. The van der Waals surface area contributed by atoms with Crippen molar-refractivity contribution in [3.05, 3.63) is 89.0 Å². The van der Waals surface area contributed by atoms with E-state index in [0.717, 1.165) is 16.7 Å². The average molecular weight is 394 g/mol. The van der Waals surface area contributed by atoms with Gasteiger partial charge in [-0.25, -0.2) is 8.42 Å². The third-order valence-electron chi connectivity index (χ3n) is 4.42. The number of amides is 1. The molecule has 0 heterocycles. The average Bonchev–Trinajstić information content (AvgIpc) is 2.65. The molecule has 0 unspecified atom stereocenters. The molecule has 3 rings (SSSR count). The van der Waals surface area contributed by atoms with Crippen LogP contribution >= 0.6 is 0 Å². The minimum atomic E-state index is -3.75. The molecule has 0 aromatic heterocycles. The van der Waals surface area contributed by atoms with Crippen molar-refractivity contribution in [3.63, 3.8) is 0 Å². The van der Waals surface area contributed by atoms with Gasteiger partial charge in [-0.05, 0) is 73.9 Å². The number of sulfonamides is 1. The van der Waals surface area contributed by atoms with Gasteiger partial charge in [0.2, 0.25) is 0 Å². The van der Waals surface area contributed by atoms with Crippen molar-refractivity contribution in [2.75, 3.05) is 10.0 Å². The zero-order chi connectivity index (χ0) is 20.3. The highest BCUT2D eigenvalue weighted by molar-refractivity contribution is 7.92. The summed E-state index contributed by atoms with van der Waals surface area (Å²) in [5.41, 5.74) is 4.38. The Balaban J connectivity index is 1.78. The van der Waals surface area contributed by atoms with Crippen molar-refractivity contribution in [1.29, 1.82) is 0 Å². The second-order valence-corrected chi connectivity index (χ2v) is 8.40. The Morgan fingerprint density at radius 1 is 0.821 bits per heavy atom. The third-order valence-corrected chi connectivity index (χ3v) is 5.79. The number of carbonyl (C=O) groups is 1. The molecule has 2 N–H and O–H groups in total. The number of hydrogen-bond donors (Lipinski definition) is 2. The van der Waals surface area contributed by atoms with E-state index in [-0.39, 0.29) is 10.8 Å². The van der Waals surface area contributed by atoms with E-state index < -0.39 is 10.0 Å². The first-order valence-corrected chi connectivity index (χ1v) is 10.3. The number of hydrogen-bond acceptors (Lipinski definition) is 3. The van der Waals surface area contributed by atoms with Crippen LogP contribution < -0.4 is 10.0 Å². The van der Waals surface area contributed by atoms with Crippen LogP contribution in [-0.2, 0) is 10.0 Å². The Bertz CT molecular complexity index is 1100. The maximum Gasteiger partial charge on any atom is 0.261 e. The number of rotatable bonds is 5. The minimum absolute atomic E-state index is 0.0993. The van der Waals surface area contributed by atoms with Crippen molar-refractivity contribution >= 4 is 27.3 Å². The van der Waals surface area contributed by atoms with Gasteiger partial charge in [0.05, 0.1) is 10.6 Å². The van der Waals surface area contributed by atoms with E-state index in [2.05, 4.69) is 10.0 Å². The summed E-state index contributed by atoms with van der Waals surface area (Å²) in [6.07, 6.45) is 0. The first-order valence-electron chi connectivity index (χ1n) is 8.83. The molecule has 6 heteroatoms. The SMILES string of the molecule is Cc1cccc(NC(=O)c2ccc(S(=O)(=O)Nc3c(C)cccc3C)cc2)c1. The largest absolute Gasteiger partial charge is 0.322 e. The summed E-state index contributed by atoms with van der Waals surface area (Å²) in [6, 6.07) is 18.9. The summed E-state index contributed by atoms with van der Waals surface area (Å²) < 4.78 is 28.0.